The zero-order valence-corrected chi connectivity index (χ0v) is 14.7. The maximum Gasteiger partial charge on any atom is 0.143 e. The first-order valence-corrected chi connectivity index (χ1v) is 8.18. The molecule has 0 heterocycles. The Labute approximate surface area is 134 Å². The van der Waals surface area contributed by atoms with Crippen LogP contribution in [0.15, 0.2) is 16.6 Å². The minimum Gasteiger partial charge on any atom is -0.374 e. The lowest BCUT2D eigenvalue weighted by Gasteiger charge is -2.39. The van der Waals surface area contributed by atoms with Crippen LogP contribution in [-0.2, 0) is 11.2 Å². The molecule has 0 saturated heterocycles. The highest BCUT2D eigenvalue weighted by molar-refractivity contribution is 9.10. The molecule has 120 valence electrons. The number of likely N-dealkylation sites (N-methyl/N-ethyl adjacent to an activating group) is 1. The highest BCUT2D eigenvalue weighted by Gasteiger charge is 2.36. The Morgan fingerprint density at radius 2 is 1.86 bits per heavy atom. The normalized spacial score (nSPS) is 13.5. The highest BCUT2D eigenvalue weighted by atomic mass is 79.9. The van der Waals surface area contributed by atoms with Crippen molar-refractivity contribution >= 4 is 15.9 Å². The number of nitrogens with one attached hydrogen (secondary N) is 1. The SMILES string of the molecule is CCOC(CC)(CC)C(Cc1c(F)ccc(Br)c1F)NC. The van der Waals surface area contributed by atoms with Crippen LogP contribution in [0.5, 0.6) is 0 Å². The third-order valence-corrected chi connectivity index (χ3v) is 4.77. The Balaban J connectivity index is 3.15. The maximum atomic E-state index is 14.2. The van der Waals surface area contributed by atoms with Gasteiger partial charge in [0.15, 0.2) is 0 Å². The first-order chi connectivity index (χ1) is 9.95. The van der Waals surface area contributed by atoms with Crippen LogP contribution in [0.2, 0.25) is 0 Å². The number of benzene rings is 1. The average Bonchev–Trinajstić information content (AvgIpc) is 2.49. The fraction of sp³-hybridized carbons (Fsp3) is 0.625. The largest absolute Gasteiger partial charge is 0.374 e. The van der Waals surface area contributed by atoms with Crippen molar-refractivity contribution in [2.24, 2.45) is 0 Å². The van der Waals surface area contributed by atoms with Crippen molar-refractivity contribution in [3.63, 3.8) is 0 Å². The molecule has 0 aliphatic rings. The van der Waals surface area contributed by atoms with E-state index in [1.807, 2.05) is 20.8 Å². The summed E-state index contributed by atoms with van der Waals surface area (Å²) in [6.45, 7) is 6.59. The summed E-state index contributed by atoms with van der Waals surface area (Å²) in [5.74, 6) is -1.05. The quantitative estimate of drug-likeness (QED) is 0.688. The van der Waals surface area contributed by atoms with Gasteiger partial charge in [0.25, 0.3) is 0 Å². The van der Waals surface area contributed by atoms with Gasteiger partial charge >= 0.3 is 0 Å². The number of hydrogen-bond donors (Lipinski definition) is 1. The number of halogens is 3. The maximum absolute atomic E-state index is 14.2. The van der Waals surface area contributed by atoms with Crippen molar-refractivity contribution in [2.45, 2.75) is 51.7 Å². The van der Waals surface area contributed by atoms with Gasteiger partial charge in [-0.3, -0.25) is 0 Å². The molecule has 0 fully saturated rings. The van der Waals surface area contributed by atoms with Gasteiger partial charge < -0.3 is 10.1 Å². The average molecular weight is 364 g/mol. The van der Waals surface area contributed by atoms with Crippen molar-refractivity contribution in [2.75, 3.05) is 13.7 Å². The summed E-state index contributed by atoms with van der Waals surface area (Å²) in [7, 11) is 1.80. The Morgan fingerprint density at radius 1 is 1.24 bits per heavy atom. The second-order valence-electron chi connectivity index (χ2n) is 5.07. The summed E-state index contributed by atoms with van der Waals surface area (Å²) in [6.07, 6.45) is 1.80. The van der Waals surface area contributed by atoms with Crippen LogP contribution in [0.4, 0.5) is 8.78 Å². The summed E-state index contributed by atoms with van der Waals surface area (Å²) < 4.78 is 34.4. The van der Waals surface area contributed by atoms with E-state index in [1.54, 1.807) is 7.05 Å². The van der Waals surface area contributed by atoms with Crippen LogP contribution >= 0.6 is 15.9 Å². The molecule has 1 N–H and O–H groups in total. The molecule has 1 rings (SSSR count). The van der Waals surface area contributed by atoms with E-state index in [9.17, 15) is 8.78 Å². The predicted octanol–water partition coefficient (Wildman–Crippen LogP) is 4.45. The fourth-order valence-corrected chi connectivity index (χ4v) is 3.22. The van der Waals surface area contributed by atoms with E-state index in [0.29, 0.717) is 6.61 Å². The van der Waals surface area contributed by atoms with Crippen molar-refractivity contribution in [3.8, 4) is 0 Å². The van der Waals surface area contributed by atoms with Gasteiger partial charge in [0.1, 0.15) is 11.6 Å². The molecule has 1 atom stereocenters. The van der Waals surface area contributed by atoms with E-state index in [0.717, 1.165) is 12.8 Å². The molecule has 0 radical (unpaired) electrons. The van der Waals surface area contributed by atoms with Gasteiger partial charge in [-0.1, -0.05) is 13.8 Å². The van der Waals surface area contributed by atoms with Crippen molar-refractivity contribution in [1.82, 2.24) is 5.32 Å². The zero-order valence-electron chi connectivity index (χ0n) is 13.1. The van der Waals surface area contributed by atoms with Crippen molar-refractivity contribution < 1.29 is 13.5 Å². The van der Waals surface area contributed by atoms with E-state index in [1.165, 1.54) is 12.1 Å². The number of ether oxygens (including phenoxy) is 1. The molecule has 1 aromatic rings. The van der Waals surface area contributed by atoms with Crippen molar-refractivity contribution in [1.29, 1.82) is 0 Å². The van der Waals surface area contributed by atoms with E-state index in [4.69, 9.17) is 4.74 Å². The molecule has 0 aromatic heterocycles. The molecular weight excluding hydrogens is 340 g/mol. The van der Waals surface area contributed by atoms with Gasteiger partial charge in [0.05, 0.1) is 10.1 Å². The Kier molecular flexibility index (Phi) is 7.24. The Morgan fingerprint density at radius 3 is 2.33 bits per heavy atom. The lowest BCUT2D eigenvalue weighted by molar-refractivity contribution is -0.0706. The van der Waals surface area contributed by atoms with Gasteiger partial charge in [0.2, 0.25) is 0 Å². The summed E-state index contributed by atoms with van der Waals surface area (Å²) in [6, 6.07) is 2.51. The van der Waals surface area contributed by atoms with Crippen LogP contribution in [0, 0.1) is 11.6 Å². The molecule has 0 amide bonds. The van der Waals surface area contributed by atoms with E-state index in [-0.39, 0.29) is 22.5 Å². The van der Waals surface area contributed by atoms with Crippen molar-refractivity contribution in [3.05, 3.63) is 33.8 Å². The summed E-state index contributed by atoms with van der Waals surface area (Å²) in [4.78, 5) is 0. The third-order valence-electron chi connectivity index (χ3n) is 4.16. The molecule has 2 nitrogen and oxygen atoms in total. The van der Waals surface area contributed by atoms with Gasteiger partial charge in [-0.15, -0.1) is 0 Å². The molecule has 1 unspecified atom stereocenters. The molecule has 0 spiro atoms. The molecule has 0 aliphatic heterocycles. The minimum absolute atomic E-state index is 0.0923. The smallest absolute Gasteiger partial charge is 0.143 e. The summed E-state index contributed by atoms with van der Waals surface area (Å²) in [5.41, 5.74) is -0.334. The van der Waals surface area contributed by atoms with Crippen LogP contribution in [0.3, 0.4) is 0 Å². The van der Waals surface area contributed by atoms with Gasteiger partial charge in [0, 0.05) is 18.2 Å². The lowest BCUT2D eigenvalue weighted by Crippen LogP contribution is -2.52. The van der Waals surface area contributed by atoms with Crippen LogP contribution in [-0.4, -0.2) is 25.3 Å². The monoisotopic (exact) mass is 363 g/mol. The number of hydrogen-bond acceptors (Lipinski definition) is 2. The summed E-state index contributed by atoms with van der Waals surface area (Å²) in [5, 5.41) is 3.18. The highest BCUT2D eigenvalue weighted by Crippen LogP contribution is 2.30. The molecule has 1 aromatic carbocycles. The molecule has 5 heteroatoms. The topological polar surface area (TPSA) is 21.3 Å². The van der Waals surface area contributed by atoms with Gasteiger partial charge in [-0.25, -0.2) is 8.78 Å². The predicted molar refractivity (Wildman–Crippen MR) is 85.5 cm³/mol. The molecule has 0 bridgehead atoms. The fourth-order valence-electron chi connectivity index (χ4n) is 2.85. The molecular formula is C16H24BrF2NO. The minimum atomic E-state index is -0.534. The van der Waals surface area contributed by atoms with Crippen LogP contribution < -0.4 is 5.32 Å². The van der Waals surface area contributed by atoms with E-state index in [2.05, 4.69) is 21.2 Å². The summed E-state index contributed by atoms with van der Waals surface area (Å²) >= 11 is 3.11. The first kappa shape index (κ1) is 18.5. The van der Waals surface area contributed by atoms with Crippen LogP contribution in [0.25, 0.3) is 0 Å². The second-order valence-corrected chi connectivity index (χ2v) is 5.93. The second kappa shape index (κ2) is 8.20. The van der Waals surface area contributed by atoms with Gasteiger partial charge in [-0.2, -0.15) is 0 Å². The molecule has 0 saturated carbocycles. The first-order valence-electron chi connectivity index (χ1n) is 7.39. The standard InChI is InChI=1S/C16H24BrF2NO/c1-5-16(6-2,21-7-3)14(20-4)10-11-13(18)9-8-12(17)15(11)19/h8-9,14,20H,5-7,10H2,1-4H3. The van der Waals surface area contributed by atoms with E-state index >= 15 is 0 Å². The third kappa shape index (κ3) is 4.02. The number of rotatable bonds is 8. The van der Waals surface area contributed by atoms with Crippen LogP contribution in [0.1, 0.15) is 39.2 Å². The Hall–Kier alpha value is -0.520. The van der Waals surface area contributed by atoms with Gasteiger partial charge in [-0.05, 0) is 61.3 Å². The Bertz CT molecular complexity index is 464. The van der Waals surface area contributed by atoms with E-state index < -0.39 is 17.2 Å². The molecule has 21 heavy (non-hydrogen) atoms. The molecule has 0 aliphatic carbocycles. The lowest BCUT2D eigenvalue weighted by atomic mass is 9.84. The zero-order chi connectivity index (χ0) is 16.0.